The summed E-state index contributed by atoms with van der Waals surface area (Å²) in [5.41, 5.74) is 1.56. The highest BCUT2D eigenvalue weighted by Gasteiger charge is 2.41. The summed E-state index contributed by atoms with van der Waals surface area (Å²) in [6.45, 7) is 5.16. The molecular weight excluding hydrogens is 384 g/mol. The number of amides is 1. The number of nitrogens with zero attached hydrogens (tertiary/aromatic N) is 1. The first-order valence-corrected chi connectivity index (χ1v) is 12.0. The summed E-state index contributed by atoms with van der Waals surface area (Å²) in [7, 11) is 0. The number of hydrogen-bond acceptors (Lipinski definition) is 3. The van der Waals surface area contributed by atoms with Crippen molar-refractivity contribution in [3.63, 3.8) is 0 Å². The third-order valence-corrected chi connectivity index (χ3v) is 7.17. The van der Waals surface area contributed by atoms with Crippen LogP contribution in [0.3, 0.4) is 0 Å². The number of carbonyl (C=O) groups is 1. The Labute approximate surface area is 187 Å². The van der Waals surface area contributed by atoms with E-state index in [0.717, 1.165) is 49.2 Å². The zero-order valence-corrected chi connectivity index (χ0v) is 18.8. The van der Waals surface area contributed by atoms with Crippen LogP contribution in [0.4, 0.5) is 5.69 Å². The highest BCUT2D eigenvalue weighted by atomic mass is 16.5. The molecule has 0 radical (unpaired) electrons. The molecule has 1 aliphatic heterocycles. The average Bonchev–Trinajstić information content (AvgIpc) is 2.82. The summed E-state index contributed by atoms with van der Waals surface area (Å²) in [5, 5.41) is 3.19. The Morgan fingerprint density at radius 2 is 1.74 bits per heavy atom. The van der Waals surface area contributed by atoms with Gasteiger partial charge in [-0.25, -0.2) is 0 Å². The average molecular weight is 421 g/mol. The minimum atomic E-state index is -0.417. The van der Waals surface area contributed by atoms with Crippen molar-refractivity contribution in [3.05, 3.63) is 60.2 Å². The minimum Gasteiger partial charge on any atom is -0.492 e. The van der Waals surface area contributed by atoms with E-state index in [0.29, 0.717) is 12.6 Å². The van der Waals surface area contributed by atoms with Crippen LogP contribution in [0.5, 0.6) is 5.75 Å². The molecule has 0 aromatic heterocycles. The molecule has 2 aliphatic rings. The third-order valence-electron chi connectivity index (χ3n) is 7.17. The van der Waals surface area contributed by atoms with Crippen molar-refractivity contribution in [2.75, 3.05) is 25.0 Å². The maximum atomic E-state index is 13.4. The van der Waals surface area contributed by atoms with Gasteiger partial charge >= 0.3 is 0 Å². The van der Waals surface area contributed by atoms with Gasteiger partial charge in [-0.15, -0.1) is 0 Å². The Morgan fingerprint density at radius 1 is 1.00 bits per heavy atom. The molecule has 2 fully saturated rings. The Kier molecular flexibility index (Phi) is 7.29. The number of carbonyl (C=O) groups excluding carboxylic acids is 1. The summed E-state index contributed by atoms with van der Waals surface area (Å²) in [5.74, 6) is 0.976. The molecule has 31 heavy (non-hydrogen) atoms. The Balaban J connectivity index is 1.35. The van der Waals surface area contributed by atoms with Gasteiger partial charge in [0.05, 0.1) is 5.41 Å². The van der Waals surface area contributed by atoms with Crippen molar-refractivity contribution in [1.82, 2.24) is 4.90 Å². The summed E-state index contributed by atoms with van der Waals surface area (Å²) >= 11 is 0. The van der Waals surface area contributed by atoms with Crippen molar-refractivity contribution in [2.24, 2.45) is 0 Å². The summed E-state index contributed by atoms with van der Waals surface area (Å²) in [6, 6.07) is 18.8. The van der Waals surface area contributed by atoms with E-state index in [1.165, 1.54) is 32.2 Å². The van der Waals surface area contributed by atoms with E-state index in [4.69, 9.17) is 4.74 Å². The predicted molar refractivity (Wildman–Crippen MR) is 127 cm³/mol. The second-order valence-corrected chi connectivity index (χ2v) is 9.22. The number of likely N-dealkylation sites (tertiary alicyclic amines) is 1. The fourth-order valence-corrected chi connectivity index (χ4v) is 5.22. The van der Waals surface area contributed by atoms with Crippen LogP contribution >= 0.6 is 0 Å². The molecule has 166 valence electrons. The molecule has 1 heterocycles. The molecule has 0 unspecified atom stereocenters. The van der Waals surface area contributed by atoms with Gasteiger partial charge in [-0.05, 0) is 69.0 Å². The predicted octanol–water partition coefficient (Wildman–Crippen LogP) is 5.78. The number of hydrogen-bond donors (Lipinski definition) is 1. The van der Waals surface area contributed by atoms with E-state index >= 15 is 0 Å². The standard InChI is InChI=1S/C27H36N2O2/c1-22-10-6-9-19-29(22)20-21-31-25-15-13-24(14-16-25)28-26(30)27(17-7-3-8-18-27)23-11-4-2-5-12-23/h2,4-5,11-16,22H,3,6-10,17-21H2,1H3,(H,28,30)/t22-/m1/s1. The van der Waals surface area contributed by atoms with Gasteiger partial charge in [0.15, 0.2) is 0 Å². The zero-order chi connectivity index (χ0) is 21.5. The normalized spacial score (nSPS) is 21.4. The van der Waals surface area contributed by atoms with Gasteiger partial charge in [0, 0.05) is 18.3 Å². The molecule has 2 aromatic carbocycles. The quantitative estimate of drug-likeness (QED) is 0.617. The molecule has 4 rings (SSSR count). The fraction of sp³-hybridized carbons (Fsp3) is 0.519. The summed E-state index contributed by atoms with van der Waals surface area (Å²) in [6.07, 6.45) is 9.18. The minimum absolute atomic E-state index is 0.117. The van der Waals surface area contributed by atoms with Gasteiger partial charge in [0.25, 0.3) is 0 Å². The van der Waals surface area contributed by atoms with Gasteiger partial charge < -0.3 is 10.1 Å². The van der Waals surface area contributed by atoms with E-state index in [1.54, 1.807) is 0 Å². The first kappa shape index (κ1) is 21.9. The van der Waals surface area contributed by atoms with Crippen molar-refractivity contribution < 1.29 is 9.53 Å². The number of anilines is 1. The van der Waals surface area contributed by atoms with Crippen LogP contribution in [0.1, 0.15) is 63.9 Å². The molecule has 1 saturated carbocycles. The van der Waals surface area contributed by atoms with E-state index in [2.05, 4.69) is 29.3 Å². The second-order valence-electron chi connectivity index (χ2n) is 9.22. The van der Waals surface area contributed by atoms with Crippen LogP contribution in [0, 0.1) is 0 Å². The molecule has 1 saturated heterocycles. The van der Waals surface area contributed by atoms with E-state index in [1.807, 2.05) is 42.5 Å². The van der Waals surface area contributed by atoms with Gasteiger partial charge in [-0.3, -0.25) is 9.69 Å². The maximum absolute atomic E-state index is 13.4. The lowest BCUT2D eigenvalue weighted by molar-refractivity contribution is -0.122. The Bertz CT molecular complexity index is 828. The molecule has 1 amide bonds. The van der Waals surface area contributed by atoms with Gasteiger partial charge in [-0.2, -0.15) is 0 Å². The number of ether oxygens (including phenoxy) is 1. The molecule has 0 bridgehead atoms. The number of piperidine rings is 1. The SMILES string of the molecule is C[C@@H]1CCCCN1CCOc1ccc(NC(=O)C2(c3ccccc3)CCCCC2)cc1. The van der Waals surface area contributed by atoms with Crippen LogP contribution in [0.2, 0.25) is 0 Å². The molecular formula is C27H36N2O2. The third kappa shape index (κ3) is 5.30. The molecule has 2 aromatic rings. The number of nitrogens with one attached hydrogen (secondary N) is 1. The number of benzene rings is 2. The van der Waals surface area contributed by atoms with Crippen LogP contribution in [-0.2, 0) is 10.2 Å². The molecule has 1 aliphatic carbocycles. The van der Waals surface area contributed by atoms with Crippen LogP contribution in [0.25, 0.3) is 0 Å². The Morgan fingerprint density at radius 3 is 2.45 bits per heavy atom. The van der Waals surface area contributed by atoms with E-state index in [9.17, 15) is 4.79 Å². The van der Waals surface area contributed by atoms with Gasteiger partial charge in [0.2, 0.25) is 5.91 Å². The Hall–Kier alpha value is -2.33. The lowest BCUT2D eigenvalue weighted by Gasteiger charge is -2.36. The zero-order valence-electron chi connectivity index (χ0n) is 18.8. The van der Waals surface area contributed by atoms with E-state index in [-0.39, 0.29) is 5.91 Å². The summed E-state index contributed by atoms with van der Waals surface area (Å²) in [4.78, 5) is 15.9. The highest BCUT2D eigenvalue weighted by molar-refractivity contribution is 5.99. The van der Waals surface area contributed by atoms with Crippen LogP contribution in [0.15, 0.2) is 54.6 Å². The highest BCUT2D eigenvalue weighted by Crippen LogP contribution is 2.40. The molecule has 4 nitrogen and oxygen atoms in total. The number of rotatable bonds is 7. The van der Waals surface area contributed by atoms with Crippen molar-refractivity contribution in [3.8, 4) is 5.75 Å². The van der Waals surface area contributed by atoms with Crippen molar-refractivity contribution in [1.29, 1.82) is 0 Å². The molecule has 4 heteroatoms. The lowest BCUT2D eigenvalue weighted by atomic mass is 9.68. The van der Waals surface area contributed by atoms with Gasteiger partial charge in [-0.1, -0.05) is 56.0 Å². The van der Waals surface area contributed by atoms with Crippen molar-refractivity contribution >= 4 is 11.6 Å². The molecule has 1 atom stereocenters. The van der Waals surface area contributed by atoms with Crippen LogP contribution < -0.4 is 10.1 Å². The summed E-state index contributed by atoms with van der Waals surface area (Å²) < 4.78 is 5.97. The van der Waals surface area contributed by atoms with Gasteiger partial charge in [0.1, 0.15) is 12.4 Å². The fourth-order valence-electron chi connectivity index (χ4n) is 5.22. The monoisotopic (exact) mass is 420 g/mol. The van der Waals surface area contributed by atoms with E-state index < -0.39 is 5.41 Å². The second kappa shape index (κ2) is 10.3. The maximum Gasteiger partial charge on any atom is 0.235 e. The molecule has 1 N–H and O–H groups in total. The molecule has 0 spiro atoms. The first-order chi connectivity index (χ1) is 15.2. The first-order valence-electron chi connectivity index (χ1n) is 12.0. The lowest BCUT2D eigenvalue weighted by Crippen LogP contribution is -2.42. The largest absolute Gasteiger partial charge is 0.492 e. The smallest absolute Gasteiger partial charge is 0.235 e. The topological polar surface area (TPSA) is 41.6 Å². The van der Waals surface area contributed by atoms with Crippen LogP contribution in [-0.4, -0.2) is 36.5 Å². The van der Waals surface area contributed by atoms with Crippen molar-refractivity contribution in [2.45, 2.75) is 69.7 Å².